The van der Waals surface area contributed by atoms with Crippen LogP contribution in [0.4, 0.5) is 0 Å². The summed E-state index contributed by atoms with van der Waals surface area (Å²) >= 11 is 0. The first kappa shape index (κ1) is 14.2. The number of aromatic nitrogens is 1. The van der Waals surface area contributed by atoms with Gasteiger partial charge in [0, 0.05) is 18.0 Å². The molecule has 0 amide bonds. The van der Waals surface area contributed by atoms with E-state index in [2.05, 4.69) is 18.0 Å². The third-order valence-corrected chi connectivity index (χ3v) is 3.43. The van der Waals surface area contributed by atoms with Crippen LogP contribution in [-0.2, 0) is 0 Å². The molecule has 0 saturated carbocycles. The van der Waals surface area contributed by atoms with Crippen LogP contribution in [0.2, 0.25) is 0 Å². The smallest absolute Gasteiger partial charge is 0.0994 e. The van der Waals surface area contributed by atoms with Gasteiger partial charge in [-0.1, -0.05) is 25.5 Å². The third-order valence-electron chi connectivity index (χ3n) is 3.43. The topological polar surface area (TPSA) is 56.9 Å². The van der Waals surface area contributed by atoms with Crippen molar-refractivity contribution in [3.8, 4) is 17.2 Å². The molecule has 1 aromatic carbocycles. The molecule has 0 spiro atoms. The normalized spacial score (nSPS) is 11.9. The summed E-state index contributed by atoms with van der Waals surface area (Å²) in [5.41, 5.74) is 4.42. The molecule has 2 aromatic rings. The first-order chi connectivity index (χ1) is 9.67. The van der Waals surface area contributed by atoms with Crippen molar-refractivity contribution in [1.82, 2.24) is 4.98 Å². The van der Waals surface area contributed by atoms with Crippen molar-refractivity contribution in [2.24, 2.45) is 0 Å². The summed E-state index contributed by atoms with van der Waals surface area (Å²) in [6, 6.07) is 9.72. The molecule has 0 aliphatic heterocycles. The van der Waals surface area contributed by atoms with E-state index in [0.29, 0.717) is 5.56 Å². The molecule has 0 bridgehead atoms. The molecule has 20 heavy (non-hydrogen) atoms. The van der Waals surface area contributed by atoms with Crippen LogP contribution in [0.25, 0.3) is 11.1 Å². The van der Waals surface area contributed by atoms with Crippen molar-refractivity contribution < 1.29 is 5.11 Å². The highest BCUT2D eigenvalue weighted by Gasteiger charge is 2.13. The summed E-state index contributed by atoms with van der Waals surface area (Å²) in [5, 5.41) is 19.2. The fraction of sp³-hybridized carbons (Fsp3) is 0.294. The van der Waals surface area contributed by atoms with E-state index < -0.39 is 6.10 Å². The monoisotopic (exact) mass is 266 g/mol. The van der Waals surface area contributed by atoms with Crippen molar-refractivity contribution in [2.45, 2.75) is 32.8 Å². The molecule has 0 saturated heterocycles. The Balaban J connectivity index is 2.48. The predicted octanol–water partition coefficient (Wildman–Crippen LogP) is 3.76. The zero-order valence-corrected chi connectivity index (χ0v) is 11.8. The van der Waals surface area contributed by atoms with E-state index in [1.807, 2.05) is 31.2 Å². The van der Waals surface area contributed by atoms with Gasteiger partial charge in [-0.15, -0.1) is 0 Å². The van der Waals surface area contributed by atoms with Crippen molar-refractivity contribution in [3.05, 3.63) is 53.3 Å². The average Bonchev–Trinajstić information content (AvgIpc) is 2.47. The van der Waals surface area contributed by atoms with Crippen molar-refractivity contribution in [2.75, 3.05) is 0 Å². The maximum atomic E-state index is 10.3. The van der Waals surface area contributed by atoms with E-state index in [9.17, 15) is 5.11 Å². The highest BCUT2D eigenvalue weighted by atomic mass is 16.3. The minimum atomic E-state index is -0.478. The van der Waals surface area contributed by atoms with Gasteiger partial charge in [0.25, 0.3) is 0 Å². The molecule has 1 atom stereocenters. The highest BCUT2D eigenvalue weighted by molar-refractivity contribution is 5.68. The van der Waals surface area contributed by atoms with Gasteiger partial charge in [0.15, 0.2) is 0 Å². The Kier molecular flexibility index (Phi) is 4.49. The molecule has 1 aromatic heterocycles. The molecule has 1 heterocycles. The summed E-state index contributed by atoms with van der Waals surface area (Å²) in [5.74, 6) is 0. The van der Waals surface area contributed by atoms with Gasteiger partial charge in [0.2, 0.25) is 0 Å². The van der Waals surface area contributed by atoms with E-state index in [4.69, 9.17) is 5.26 Å². The lowest BCUT2D eigenvalue weighted by molar-refractivity contribution is 0.167. The van der Waals surface area contributed by atoms with Gasteiger partial charge < -0.3 is 5.11 Å². The summed E-state index contributed by atoms with van der Waals surface area (Å²) in [6.45, 7) is 3.97. The van der Waals surface area contributed by atoms with E-state index >= 15 is 0 Å². The lowest BCUT2D eigenvalue weighted by atomic mass is 9.94. The van der Waals surface area contributed by atoms with Gasteiger partial charge in [-0.2, -0.15) is 5.26 Å². The van der Waals surface area contributed by atoms with Crippen LogP contribution < -0.4 is 0 Å². The van der Waals surface area contributed by atoms with Crippen LogP contribution in [0, 0.1) is 18.3 Å². The van der Waals surface area contributed by atoms with E-state index in [0.717, 1.165) is 35.1 Å². The molecule has 102 valence electrons. The lowest BCUT2D eigenvalue weighted by Crippen LogP contribution is -2.00. The molecular weight excluding hydrogens is 248 g/mol. The zero-order chi connectivity index (χ0) is 14.5. The SMILES string of the molecule is CCCC(O)c1ccncc1-c1ccc(C#N)c(C)c1. The first-order valence-corrected chi connectivity index (χ1v) is 6.80. The Labute approximate surface area is 119 Å². The van der Waals surface area contributed by atoms with Gasteiger partial charge in [-0.05, 0) is 42.2 Å². The third kappa shape index (κ3) is 2.87. The Hall–Kier alpha value is -2.18. The minimum Gasteiger partial charge on any atom is -0.388 e. The molecule has 0 fully saturated rings. The van der Waals surface area contributed by atoms with Crippen LogP contribution in [0.15, 0.2) is 36.7 Å². The molecule has 3 nitrogen and oxygen atoms in total. The summed E-state index contributed by atoms with van der Waals surface area (Å²) in [6.07, 6.45) is 4.65. The summed E-state index contributed by atoms with van der Waals surface area (Å²) in [7, 11) is 0. The Morgan fingerprint density at radius 1 is 1.35 bits per heavy atom. The van der Waals surface area contributed by atoms with E-state index in [1.165, 1.54) is 0 Å². The van der Waals surface area contributed by atoms with Gasteiger partial charge in [0.1, 0.15) is 0 Å². The van der Waals surface area contributed by atoms with Crippen molar-refractivity contribution >= 4 is 0 Å². The fourth-order valence-electron chi connectivity index (χ4n) is 2.32. The number of hydrogen-bond acceptors (Lipinski definition) is 3. The number of benzene rings is 1. The largest absolute Gasteiger partial charge is 0.388 e. The Morgan fingerprint density at radius 3 is 2.80 bits per heavy atom. The van der Waals surface area contributed by atoms with Crippen LogP contribution >= 0.6 is 0 Å². The molecular formula is C17H18N2O. The Bertz CT molecular complexity index is 644. The van der Waals surface area contributed by atoms with Gasteiger partial charge in [-0.25, -0.2) is 0 Å². The van der Waals surface area contributed by atoms with Crippen molar-refractivity contribution in [3.63, 3.8) is 0 Å². The predicted molar refractivity (Wildman–Crippen MR) is 79.0 cm³/mol. The lowest BCUT2D eigenvalue weighted by Gasteiger charge is -2.15. The number of hydrogen-bond donors (Lipinski definition) is 1. The summed E-state index contributed by atoms with van der Waals surface area (Å²) in [4.78, 5) is 4.16. The minimum absolute atomic E-state index is 0.478. The number of aryl methyl sites for hydroxylation is 1. The molecule has 0 aliphatic rings. The number of nitrogens with zero attached hydrogens (tertiary/aromatic N) is 2. The van der Waals surface area contributed by atoms with Crippen LogP contribution in [0.3, 0.4) is 0 Å². The quantitative estimate of drug-likeness (QED) is 0.916. The van der Waals surface area contributed by atoms with Crippen LogP contribution in [0.1, 0.15) is 42.6 Å². The number of rotatable bonds is 4. The first-order valence-electron chi connectivity index (χ1n) is 6.80. The molecule has 0 radical (unpaired) electrons. The second-order valence-corrected chi connectivity index (χ2v) is 4.91. The number of pyridine rings is 1. The molecule has 2 rings (SSSR count). The molecule has 0 aliphatic carbocycles. The average molecular weight is 266 g/mol. The maximum absolute atomic E-state index is 10.3. The highest BCUT2D eigenvalue weighted by Crippen LogP contribution is 2.30. The van der Waals surface area contributed by atoms with Crippen LogP contribution in [-0.4, -0.2) is 10.1 Å². The van der Waals surface area contributed by atoms with Gasteiger partial charge in [0.05, 0.1) is 17.7 Å². The standard InChI is InChI=1S/C17H18N2O/c1-3-4-17(20)15-7-8-19-11-16(15)13-5-6-14(10-18)12(2)9-13/h5-9,11,17,20H,3-4H2,1-2H3. The molecule has 3 heteroatoms. The molecule has 1 unspecified atom stereocenters. The maximum Gasteiger partial charge on any atom is 0.0994 e. The fourth-order valence-corrected chi connectivity index (χ4v) is 2.32. The van der Waals surface area contributed by atoms with E-state index in [-0.39, 0.29) is 0 Å². The molecule has 1 N–H and O–H groups in total. The second-order valence-electron chi connectivity index (χ2n) is 4.91. The Morgan fingerprint density at radius 2 is 2.15 bits per heavy atom. The zero-order valence-electron chi connectivity index (χ0n) is 11.8. The summed E-state index contributed by atoms with van der Waals surface area (Å²) < 4.78 is 0. The van der Waals surface area contributed by atoms with Crippen molar-refractivity contribution in [1.29, 1.82) is 5.26 Å². The van der Waals surface area contributed by atoms with Gasteiger partial charge >= 0.3 is 0 Å². The second kappa shape index (κ2) is 6.31. The number of aliphatic hydroxyl groups excluding tert-OH is 1. The van der Waals surface area contributed by atoms with Gasteiger partial charge in [-0.3, -0.25) is 4.98 Å². The number of aliphatic hydroxyl groups is 1. The number of nitriles is 1. The van der Waals surface area contributed by atoms with E-state index in [1.54, 1.807) is 12.4 Å². The van der Waals surface area contributed by atoms with Crippen LogP contribution in [0.5, 0.6) is 0 Å².